The van der Waals surface area contributed by atoms with Crippen LogP contribution in [-0.2, 0) is 10.5 Å². The van der Waals surface area contributed by atoms with Gasteiger partial charge in [0.25, 0.3) is 5.56 Å². The number of carbonyl (C=O) groups is 1. The zero-order chi connectivity index (χ0) is 24.0. The molecule has 0 saturated heterocycles. The number of ketones is 1. The molecular formula is C26H23ClFN3O2S. The minimum Gasteiger partial charge on any atom is -0.343 e. The van der Waals surface area contributed by atoms with Gasteiger partial charge in [0.15, 0.2) is 10.9 Å². The predicted octanol–water partition coefficient (Wildman–Crippen LogP) is 6.06. The van der Waals surface area contributed by atoms with Crippen LogP contribution in [0.15, 0.2) is 69.8 Å². The number of aromatic nitrogens is 2. The smallest absolute Gasteiger partial charge is 0.257 e. The predicted molar refractivity (Wildman–Crippen MR) is 133 cm³/mol. The van der Waals surface area contributed by atoms with Gasteiger partial charge in [0.2, 0.25) is 0 Å². The van der Waals surface area contributed by atoms with E-state index in [1.54, 1.807) is 24.3 Å². The van der Waals surface area contributed by atoms with E-state index in [2.05, 4.69) is 24.1 Å². The lowest BCUT2D eigenvalue weighted by molar-refractivity contribution is -0.118. The third kappa shape index (κ3) is 4.42. The number of aromatic amines is 1. The van der Waals surface area contributed by atoms with Gasteiger partial charge in [-0.2, -0.15) is 0 Å². The summed E-state index contributed by atoms with van der Waals surface area (Å²) in [6, 6.07) is 13.5. The van der Waals surface area contributed by atoms with Crippen LogP contribution in [0.1, 0.15) is 49.3 Å². The highest BCUT2D eigenvalue weighted by Crippen LogP contribution is 2.47. The van der Waals surface area contributed by atoms with E-state index >= 15 is 0 Å². The standard InChI is InChI=1S/C26H23ClFN3O2S/c1-26(2)11-18-21(19(32)12-26)20(15-4-3-5-16(27)10-15)22-23(29-18)30-25(31-24(22)33)34-13-14-6-8-17(28)9-7-14/h3-10,20H,11-13H2,1-2H3,(H2,29,30,31,33). The highest BCUT2D eigenvalue weighted by molar-refractivity contribution is 7.98. The van der Waals surface area contributed by atoms with Crippen LogP contribution in [0.5, 0.6) is 0 Å². The first kappa shape index (κ1) is 22.9. The van der Waals surface area contributed by atoms with Crippen molar-refractivity contribution in [3.05, 3.63) is 97.7 Å². The van der Waals surface area contributed by atoms with E-state index in [4.69, 9.17) is 16.6 Å². The summed E-state index contributed by atoms with van der Waals surface area (Å²) in [5.41, 5.74) is 3.06. The van der Waals surface area contributed by atoms with Crippen LogP contribution < -0.4 is 10.9 Å². The Kier molecular flexibility index (Phi) is 5.86. The number of H-pyrrole nitrogens is 1. The molecule has 2 aromatic carbocycles. The van der Waals surface area contributed by atoms with Gasteiger partial charge in [-0.25, -0.2) is 9.37 Å². The topological polar surface area (TPSA) is 74.8 Å². The number of halogens is 2. The Morgan fingerprint density at radius 3 is 2.65 bits per heavy atom. The highest BCUT2D eigenvalue weighted by atomic mass is 35.5. The number of fused-ring (bicyclic) bond motifs is 1. The number of nitrogens with zero attached hydrogens (tertiary/aromatic N) is 1. The van der Waals surface area contributed by atoms with Crippen LogP contribution in [0, 0.1) is 11.2 Å². The fourth-order valence-corrected chi connectivity index (χ4v) is 5.73. The molecule has 1 aliphatic heterocycles. The molecule has 0 radical (unpaired) electrons. The van der Waals surface area contributed by atoms with Crippen molar-refractivity contribution in [2.24, 2.45) is 5.41 Å². The van der Waals surface area contributed by atoms with Crippen LogP contribution in [0.3, 0.4) is 0 Å². The lowest BCUT2D eigenvalue weighted by Crippen LogP contribution is -2.37. The van der Waals surface area contributed by atoms with E-state index in [1.165, 1.54) is 23.9 Å². The van der Waals surface area contributed by atoms with Crippen molar-refractivity contribution >= 4 is 35.0 Å². The first-order chi connectivity index (χ1) is 16.2. The van der Waals surface area contributed by atoms with Gasteiger partial charge in [0.1, 0.15) is 11.6 Å². The van der Waals surface area contributed by atoms with Gasteiger partial charge in [0, 0.05) is 34.4 Å². The molecular weight excluding hydrogens is 473 g/mol. The molecule has 1 aliphatic carbocycles. The summed E-state index contributed by atoms with van der Waals surface area (Å²) in [6.45, 7) is 4.13. The molecule has 5 nitrogen and oxygen atoms in total. The van der Waals surface area contributed by atoms with Gasteiger partial charge < -0.3 is 10.3 Å². The van der Waals surface area contributed by atoms with Crippen molar-refractivity contribution in [2.45, 2.75) is 43.5 Å². The lowest BCUT2D eigenvalue weighted by Gasteiger charge is -2.38. The minimum atomic E-state index is -0.541. The molecule has 0 spiro atoms. The monoisotopic (exact) mass is 495 g/mol. The Morgan fingerprint density at radius 2 is 1.91 bits per heavy atom. The lowest BCUT2D eigenvalue weighted by atomic mass is 9.69. The summed E-state index contributed by atoms with van der Waals surface area (Å²) in [7, 11) is 0. The molecule has 1 unspecified atom stereocenters. The molecule has 1 atom stereocenters. The number of hydrogen-bond acceptors (Lipinski definition) is 5. The summed E-state index contributed by atoms with van der Waals surface area (Å²) < 4.78 is 13.2. The van der Waals surface area contributed by atoms with Gasteiger partial charge in [-0.3, -0.25) is 9.59 Å². The maximum Gasteiger partial charge on any atom is 0.257 e. The van der Waals surface area contributed by atoms with E-state index in [1.807, 2.05) is 12.1 Å². The fourth-order valence-electron chi connectivity index (χ4n) is 4.71. The average Bonchev–Trinajstić information content (AvgIpc) is 2.76. The number of hydrogen-bond donors (Lipinski definition) is 2. The molecule has 2 heterocycles. The molecule has 3 aromatic rings. The Labute approximate surface area is 205 Å². The van der Waals surface area contributed by atoms with Crippen LogP contribution in [0.4, 0.5) is 10.2 Å². The van der Waals surface area contributed by atoms with E-state index in [-0.39, 0.29) is 22.6 Å². The molecule has 2 N–H and O–H groups in total. The van der Waals surface area contributed by atoms with E-state index < -0.39 is 5.92 Å². The number of Topliss-reactive ketones (excluding diaryl/α,β-unsaturated/α-hetero) is 1. The van der Waals surface area contributed by atoms with Crippen molar-refractivity contribution in [3.8, 4) is 0 Å². The van der Waals surface area contributed by atoms with Gasteiger partial charge >= 0.3 is 0 Å². The van der Waals surface area contributed by atoms with Crippen molar-refractivity contribution in [2.75, 3.05) is 5.32 Å². The van der Waals surface area contributed by atoms with Gasteiger partial charge in [-0.05, 0) is 47.2 Å². The first-order valence-corrected chi connectivity index (χ1v) is 12.4. The molecule has 1 aromatic heterocycles. The van der Waals surface area contributed by atoms with E-state index in [0.717, 1.165) is 16.8 Å². The Morgan fingerprint density at radius 1 is 1.15 bits per heavy atom. The molecule has 8 heteroatoms. The largest absolute Gasteiger partial charge is 0.343 e. The molecule has 2 aliphatic rings. The highest BCUT2D eigenvalue weighted by Gasteiger charge is 2.42. The zero-order valence-corrected chi connectivity index (χ0v) is 20.3. The van der Waals surface area contributed by atoms with Gasteiger partial charge in [-0.1, -0.05) is 61.5 Å². The fraction of sp³-hybridized carbons (Fsp3) is 0.269. The number of nitrogens with one attached hydrogen (secondary N) is 2. The van der Waals surface area contributed by atoms with Crippen molar-refractivity contribution in [1.82, 2.24) is 9.97 Å². The third-order valence-electron chi connectivity index (χ3n) is 6.17. The van der Waals surface area contributed by atoms with Crippen LogP contribution in [0.2, 0.25) is 5.02 Å². The van der Waals surface area contributed by atoms with Gasteiger partial charge in [0.05, 0.1) is 5.56 Å². The number of carbonyl (C=O) groups excluding carboxylic acids is 1. The summed E-state index contributed by atoms with van der Waals surface area (Å²) in [4.78, 5) is 34.2. The second-order valence-electron chi connectivity index (χ2n) is 9.49. The Hall–Kier alpha value is -2.90. The number of thioether (sulfide) groups is 1. The molecule has 0 bridgehead atoms. The molecule has 0 amide bonds. The molecule has 0 saturated carbocycles. The summed E-state index contributed by atoms with van der Waals surface area (Å²) in [5, 5.41) is 4.31. The Bertz CT molecular complexity index is 1380. The number of rotatable bonds is 4. The first-order valence-electron chi connectivity index (χ1n) is 11.0. The van der Waals surface area contributed by atoms with Crippen molar-refractivity contribution < 1.29 is 9.18 Å². The van der Waals surface area contributed by atoms with Crippen LogP contribution >= 0.6 is 23.4 Å². The second-order valence-corrected chi connectivity index (χ2v) is 10.9. The van der Waals surface area contributed by atoms with Crippen LogP contribution in [0.25, 0.3) is 0 Å². The molecule has 34 heavy (non-hydrogen) atoms. The summed E-state index contributed by atoms with van der Waals surface area (Å²) in [5.74, 6) is 0.183. The quantitative estimate of drug-likeness (QED) is 0.340. The van der Waals surface area contributed by atoms with E-state index in [0.29, 0.717) is 45.7 Å². The van der Waals surface area contributed by atoms with Crippen molar-refractivity contribution in [3.63, 3.8) is 0 Å². The summed E-state index contributed by atoms with van der Waals surface area (Å²) in [6.07, 6.45) is 1.09. The maximum absolute atomic E-state index is 13.4. The van der Waals surface area contributed by atoms with Crippen molar-refractivity contribution in [1.29, 1.82) is 0 Å². The SMILES string of the molecule is CC1(C)CC(=O)C2=C(C1)Nc1nc(SCc3ccc(F)cc3)[nH]c(=O)c1C2c1cccc(Cl)c1. The summed E-state index contributed by atoms with van der Waals surface area (Å²) >= 11 is 7.64. The Balaban J connectivity index is 1.58. The minimum absolute atomic E-state index is 0.0311. The van der Waals surface area contributed by atoms with E-state index in [9.17, 15) is 14.0 Å². The number of allylic oxidation sites excluding steroid dienone is 2. The van der Waals surface area contributed by atoms with Crippen LogP contribution in [-0.4, -0.2) is 15.8 Å². The third-order valence-corrected chi connectivity index (χ3v) is 7.35. The van der Waals surface area contributed by atoms with Gasteiger partial charge in [-0.15, -0.1) is 0 Å². The zero-order valence-electron chi connectivity index (χ0n) is 18.7. The molecule has 174 valence electrons. The number of benzene rings is 2. The second kappa shape index (κ2) is 8.71. The molecule has 0 fully saturated rings. The molecule has 5 rings (SSSR count). The maximum atomic E-state index is 13.4. The number of anilines is 1. The normalized spacial score (nSPS) is 18.8. The average molecular weight is 496 g/mol.